The molecule has 3 rings (SSSR count). The molecule has 0 saturated heterocycles. The van der Waals surface area contributed by atoms with Crippen molar-refractivity contribution in [2.45, 2.75) is 51.9 Å². The number of aliphatic hydroxyl groups excluding tert-OH is 1. The first-order chi connectivity index (χ1) is 11.5. The van der Waals surface area contributed by atoms with Gasteiger partial charge in [-0.15, -0.1) is 0 Å². The number of Topliss-reactive ketones (excluding diaryl/α,β-unsaturated/α-hetero) is 1. The van der Waals surface area contributed by atoms with Crippen LogP contribution < -0.4 is 0 Å². The summed E-state index contributed by atoms with van der Waals surface area (Å²) in [5, 5.41) is 30.3. The normalized spacial score (nSPS) is 32.9. The molecule has 1 saturated carbocycles. The van der Waals surface area contributed by atoms with Gasteiger partial charge in [0.2, 0.25) is 0 Å². The Kier molecular flexibility index (Phi) is 3.96. The fourth-order valence-corrected chi connectivity index (χ4v) is 4.36. The Labute approximate surface area is 147 Å². The van der Waals surface area contributed by atoms with Crippen molar-refractivity contribution >= 4 is 11.8 Å². The number of allylic oxidation sites excluding steroid dienone is 1. The molecule has 0 aromatic heterocycles. The molecule has 0 spiro atoms. The highest BCUT2D eigenvalue weighted by molar-refractivity contribution is 6.14. The molecule has 1 aliphatic heterocycles. The van der Waals surface area contributed by atoms with Crippen LogP contribution in [0.4, 0.5) is 0 Å². The molecule has 2 aliphatic carbocycles. The maximum atomic E-state index is 13.0. The van der Waals surface area contributed by atoms with E-state index in [1.807, 2.05) is 19.9 Å². The van der Waals surface area contributed by atoms with E-state index in [4.69, 9.17) is 0 Å². The second-order valence-corrected chi connectivity index (χ2v) is 8.20. The molecule has 1 heterocycles. The van der Waals surface area contributed by atoms with Crippen LogP contribution >= 0.6 is 0 Å². The van der Waals surface area contributed by atoms with Gasteiger partial charge < -0.3 is 20.2 Å². The van der Waals surface area contributed by atoms with Crippen LogP contribution in [0.1, 0.15) is 34.1 Å². The van der Waals surface area contributed by atoms with Gasteiger partial charge in [-0.2, -0.15) is 0 Å². The lowest BCUT2D eigenvalue weighted by atomic mass is 9.67. The van der Waals surface area contributed by atoms with Crippen molar-refractivity contribution in [1.29, 1.82) is 0 Å². The van der Waals surface area contributed by atoms with E-state index in [1.165, 1.54) is 18.0 Å². The number of carbonyl (C=O) groups is 2. The van der Waals surface area contributed by atoms with Gasteiger partial charge in [-0.1, -0.05) is 26.0 Å². The molecular formula is C19H25NO5. The molecule has 4 atom stereocenters. The summed E-state index contributed by atoms with van der Waals surface area (Å²) in [5.41, 5.74) is 0.141. The summed E-state index contributed by atoms with van der Waals surface area (Å²) in [6.45, 7) is 7.42. The lowest BCUT2D eigenvalue weighted by molar-refractivity contribution is -0.145. The van der Waals surface area contributed by atoms with Crippen molar-refractivity contribution < 1.29 is 24.9 Å². The highest BCUT2D eigenvalue weighted by Gasteiger charge is 2.53. The third kappa shape index (κ3) is 2.73. The average Bonchev–Trinajstić information content (AvgIpc) is 2.81. The topological polar surface area (TPSA) is 98.1 Å². The first-order valence-electron chi connectivity index (χ1n) is 8.55. The summed E-state index contributed by atoms with van der Waals surface area (Å²) in [4.78, 5) is 25.9. The number of aliphatic hydroxyl groups is 2. The smallest absolute Gasteiger partial charge is 0.329 e. The Balaban J connectivity index is 2.05. The summed E-state index contributed by atoms with van der Waals surface area (Å²) in [6.07, 6.45) is 4.73. The fourth-order valence-electron chi connectivity index (χ4n) is 4.36. The number of fused-ring (bicyclic) bond motifs is 2. The number of carboxylic acids is 1. The van der Waals surface area contributed by atoms with Gasteiger partial charge in [-0.3, -0.25) is 4.79 Å². The number of rotatable bonds is 3. The van der Waals surface area contributed by atoms with Crippen LogP contribution in [0, 0.1) is 11.3 Å². The molecular weight excluding hydrogens is 322 g/mol. The standard InChI is InChI=1S/C19H25NO5/c1-10(21)15(17(23)24)20-6-5-13-12(9-20)16(22)11-7-18(2,3)8-14(11)19(13,4)25/h5,7,9-10,14-15,21,25H,6,8H2,1-4H3,(H,23,24)/t10-,14+,15+,19+/m1/s1. The number of carbonyl (C=O) groups excluding carboxylic acids is 1. The Morgan fingerprint density at radius 2 is 2.00 bits per heavy atom. The highest BCUT2D eigenvalue weighted by Crippen LogP contribution is 2.53. The van der Waals surface area contributed by atoms with Crippen LogP contribution in [0.25, 0.3) is 0 Å². The average molecular weight is 347 g/mol. The molecule has 136 valence electrons. The quantitative estimate of drug-likeness (QED) is 0.711. The zero-order chi connectivity index (χ0) is 18.7. The summed E-state index contributed by atoms with van der Waals surface area (Å²) >= 11 is 0. The molecule has 6 nitrogen and oxygen atoms in total. The van der Waals surface area contributed by atoms with Crippen molar-refractivity contribution in [3.63, 3.8) is 0 Å². The largest absolute Gasteiger partial charge is 0.480 e. The number of hydrogen-bond acceptors (Lipinski definition) is 5. The van der Waals surface area contributed by atoms with Gasteiger partial charge in [0.15, 0.2) is 11.8 Å². The number of hydrogen-bond donors (Lipinski definition) is 3. The van der Waals surface area contributed by atoms with E-state index in [2.05, 4.69) is 0 Å². The molecule has 0 aromatic carbocycles. The molecule has 3 N–H and O–H groups in total. The predicted molar refractivity (Wildman–Crippen MR) is 91.6 cm³/mol. The maximum Gasteiger partial charge on any atom is 0.329 e. The zero-order valence-corrected chi connectivity index (χ0v) is 15.0. The zero-order valence-electron chi connectivity index (χ0n) is 15.0. The van der Waals surface area contributed by atoms with Gasteiger partial charge in [-0.05, 0) is 31.3 Å². The van der Waals surface area contributed by atoms with Crippen LogP contribution in [-0.2, 0) is 9.59 Å². The third-order valence-electron chi connectivity index (χ3n) is 5.54. The van der Waals surface area contributed by atoms with E-state index >= 15 is 0 Å². The van der Waals surface area contributed by atoms with Crippen molar-refractivity contribution in [2.75, 3.05) is 6.54 Å². The van der Waals surface area contributed by atoms with E-state index in [1.54, 1.807) is 13.0 Å². The second-order valence-electron chi connectivity index (χ2n) is 8.20. The minimum atomic E-state index is -1.17. The van der Waals surface area contributed by atoms with Crippen LogP contribution in [0.15, 0.2) is 35.1 Å². The molecule has 0 unspecified atom stereocenters. The molecule has 0 radical (unpaired) electrons. The van der Waals surface area contributed by atoms with E-state index < -0.39 is 23.7 Å². The Morgan fingerprint density at radius 1 is 1.36 bits per heavy atom. The SMILES string of the molecule is C[C@@H](O)[C@@H](C(=O)O)N1C=C2C(=O)C3=CC(C)(C)C[C@@H]3[C@@](C)(O)C2=CC1. The van der Waals surface area contributed by atoms with Gasteiger partial charge in [-0.25, -0.2) is 4.79 Å². The van der Waals surface area contributed by atoms with Crippen LogP contribution in [0.3, 0.4) is 0 Å². The van der Waals surface area contributed by atoms with Crippen molar-refractivity contribution in [3.8, 4) is 0 Å². The first kappa shape index (κ1) is 17.9. The van der Waals surface area contributed by atoms with Crippen molar-refractivity contribution in [3.05, 3.63) is 35.1 Å². The van der Waals surface area contributed by atoms with Crippen molar-refractivity contribution in [2.24, 2.45) is 11.3 Å². The maximum absolute atomic E-state index is 13.0. The molecule has 0 bridgehead atoms. The van der Waals surface area contributed by atoms with E-state index in [0.717, 1.165) is 0 Å². The van der Waals surface area contributed by atoms with Gasteiger partial charge in [0.1, 0.15) is 0 Å². The Morgan fingerprint density at radius 3 is 2.56 bits per heavy atom. The van der Waals surface area contributed by atoms with Gasteiger partial charge in [0.05, 0.1) is 11.7 Å². The van der Waals surface area contributed by atoms with Gasteiger partial charge >= 0.3 is 5.97 Å². The van der Waals surface area contributed by atoms with Crippen LogP contribution in [0.5, 0.6) is 0 Å². The van der Waals surface area contributed by atoms with E-state index in [-0.39, 0.29) is 23.7 Å². The Bertz CT molecular complexity index is 726. The van der Waals surface area contributed by atoms with E-state index in [0.29, 0.717) is 23.1 Å². The molecule has 0 amide bonds. The first-order valence-corrected chi connectivity index (χ1v) is 8.55. The molecule has 6 heteroatoms. The highest BCUT2D eigenvalue weighted by atomic mass is 16.4. The lowest BCUT2D eigenvalue weighted by Gasteiger charge is -2.43. The monoisotopic (exact) mass is 347 g/mol. The number of aliphatic carboxylic acids is 1. The summed E-state index contributed by atoms with van der Waals surface area (Å²) in [7, 11) is 0. The minimum Gasteiger partial charge on any atom is -0.480 e. The number of carboxylic acid groups (broad SMARTS) is 1. The Hall–Kier alpha value is -1.92. The van der Waals surface area contributed by atoms with Crippen LogP contribution in [0.2, 0.25) is 0 Å². The van der Waals surface area contributed by atoms with Gasteiger partial charge in [0.25, 0.3) is 0 Å². The molecule has 0 aromatic rings. The molecule has 25 heavy (non-hydrogen) atoms. The predicted octanol–water partition coefficient (Wildman–Crippen LogP) is 1.25. The minimum absolute atomic E-state index is 0.159. The number of nitrogens with zero attached hydrogens (tertiary/aromatic N) is 1. The third-order valence-corrected chi connectivity index (χ3v) is 5.54. The fraction of sp³-hybridized carbons (Fsp3) is 0.579. The van der Waals surface area contributed by atoms with Crippen molar-refractivity contribution in [1.82, 2.24) is 4.90 Å². The lowest BCUT2D eigenvalue weighted by Crippen LogP contribution is -2.50. The summed E-state index contributed by atoms with van der Waals surface area (Å²) in [5.74, 6) is -1.57. The molecule has 1 fully saturated rings. The molecule has 3 aliphatic rings. The van der Waals surface area contributed by atoms with E-state index in [9.17, 15) is 24.9 Å². The number of ketones is 1. The second kappa shape index (κ2) is 5.54. The van der Waals surface area contributed by atoms with Gasteiger partial charge in [0, 0.05) is 29.8 Å². The summed E-state index contributed by atoms with van der Waals surface area (Å²) in [6, 6.07) is -1.14. The van der Waals surface area contributed by atoms with Crippen LogP contribution in [-0.4, -0.2) is 56.3 Å². The summed E-state index contributed by atoms with van der Waals surface area (Å²) < 4.78 is 0.